The zero-order valence-electron chi connectivity index (χ0n) is 11.9. The number of anilines is 1. The third kappa shape index (κ3) is 1.90. The average Bonchev–Trinajstić information content (AvgIpc) is 2.94. The van der Waals surface area contributed by atoms with E-state index in [9.17, 15) is 0 Å². The number of ether oxygens (including phenoxy) is 1. The first kappa shape index (κ1) is 13.0. The van der Waals surface area contributed by atoms with Gasteiger partial charge in [-0.05, 0) is 17.7 Å². The van der Waals surface area contributed by atoms with Crippen LogP contribution in [-0.2, 0) is 0 Å². The summed E-state index contributed by atoms with van der Waals surface area (Å²) in [5.74, 6) is 1.40. The first-order chi connectivity index (χ1) is 10.8. The Kier molecular flexibility index (Phi) is 2.94. The van der Waals surface area contributed by atoms with Gasteiger partial charge in [0.25, 0.3) is 0 Å². The molecule has 0 radical (unpaired) electrons. The summed E-state index contributed by atoms with van der Waals surface area (Å²) in [6, 6.07) is 14.3. The molecule has 0 unspecified atom stereocenters. The summed E-state index contributed by atoms with van der Waals surface area (Å²) >= 11 is 1.62. The van der Waals surface area contributed by atoms with Crippen LogP contribution in [0.25, 0.3) is 31.4 Å². The number of nitrogens with zero attached hydrogens (tertiary/aromatic N) is 2. The summed E-state index contributed by atoms with van der Waals surface area (Å²) in [4.78, 5) is 8.43. The second-order valence-electron chi connectivity index (χ2n) is 4.95. The van der Waals surface area contributed by atoms with Gasteiger partial charge >= 0.3 is 0 Å². The van der Waals surface area contributed by atoms with Crippen molar-refractivity contribution in [2.75, 3.05) is 12.8 Å². The van der Waals surface area contributed by atoms with Gasteiger partial charge in [-0.25, -0.2) is 9.97 Å². The monoisotopic (exact) mass is 307 g/mol. The minimum Gasteiger partial charge on any atom is -0.496 e. The lowest BCUT2D eigenvalue weighted by atomic mass is 10.0. The number of thiophene rings is 1. The van der Waals surface area contributed by atoms with E-state index in [2.05, 4.69) is 34.2 Å². The molecular formula is C17H13N3OS. The molecule has 0 atom stereocenters. The highest BCUT2D eigenvalue weighted by atomic mass is 32.1. The van der Waals surface area contributed by atoms with Gasteiger partial charge in [-0.1, -0.05) is 30.3 Å². The topological polar surface area (TPSA) is 61.0 Å². The Labute approximate surface area is 131 Å². The molecule has 0 aliphatic rings. The van der Waals surface area contributed by atoms with Gasteiger partial charge in [0.2, 0.25) is 0 Å². The molecule has 0 amide bonds. The highest BCUT2D eigenvalue weighted by molar-refractivity contribution is 7.26. The molecule has 22 heavy (non-hydrogen) atoms. The Balaban J connectivity index is 1.98. The van der Waals surface area contributed by atoms with E-state index in [1.54, 1.807) is 18.4 Å². The van der Waals surface area contributed by atoms with Crippen LogP contribution in [0.2, 0.25) is 0 Å². The predicted molar refractivity (Wildman–Crippen MR) is 91.3 cm³/mol. The van der Waals surface area contributed by atoms with E-state index in [-0.39, 0.29) is 0 Å². The van der Waals surface area contributed by atoms with E-state index < -0.39 is 0 Å². The third-order valence-corrected chi connectivity index (χ3v) is 4.86. The second kappa shape index (κ2) is 4.96. The van der Waals surface area contributed by atoms with E-state index in [1.165, 1.54) is 6.33 Å². The average molecular weight is 307 g/mol. The maximum atomic E-state index is 5.95. The third-order valence-electron chi connectivity index (χ3n) is 3.70. The number of nitrogens with two attached hydrogens (primary N) is 1. The first-order valence-corrected chi connectivity index (χ1v) is 7.65. The molecule has 2 aromatic heterocycles. The number of hydrogen-bond donors (Lipinski definition) is 1. The molecular weight excluding hydrogens is 294 g/mol. The van der Waals surface area contributed by atoms with E-state index in [0.29, 0.717) is 5.82 Å². The first-order valence-electron chi connectivity index (χ1n) is 6.84. The zero-order valence-corrected chi connectivity index (χ0v) is 12.7. The van der Waals surface area contributed by atoms with Crippen molar-refractivity contribution in [3.8, 4) is 16.9 Å². The van der Waals surface area contributed by atoms with Crippen LogP contribution in [0, 0.1) is 0 Å². The summed E-state index contributed by atoms with van der Waals surface area (Å²) in [6.45, 7) is 0. The number of hydrogen-bond acceptors (Lipinski definition) is 5. The molecule has 0 aliphatic carbocycles. The van der Waals surface area contributed by atoms with Gasteiger partial charge in [-0.2, -0.15) is 0 Å². The Hall–Kier alpha value is -2.66. The molecule has 0 saturated carbocycles. The largest absolute Gasteiger partial charge is 0.496 e. The molecule has 0 spiro atoms. The van der Waals surface area contributed by atoms with Crippen molar-refractivity contribution in [3.05, 3.63) is 48.8 Å². The fraction of sp³-hybridized carbons (Fsp3) is 0.0588. The number of rotatable bonds is 2. The molecule has 108 valence electrons. The summed E-state index contributed by atoms with van der Waals surface area (Å²) in [6.07, 6.45) is 1.51. The van der Waals surface area contributed by atoms with Crippen molar-refractivity contribution < 1.29 is 4.74 Å². The number of fused-ring (bicyclic) bond motifs is 3. The standard InChI is InChI=1S/C17H13N3OS/c1-21-13-5-3-2-4-11(13)10-6-7-12-14(8-10)22-16-15(12)19-9-20-17(16)18/h2-9H,1H3,(H2,18,19,20). The Morgan fingerprint density at radius 3 is 2.82 bits per heavy atom. The summed E-state index contributed by atoms with van der Waals surface area (Å²) in [5, 5.41) is 1.10. The molecule has 5 heteroatoms. The van der Waals surface area contributed by atoms with Crippen molar-refractivity contribution in [1.82, 2.24) is 9.97 Å². The van der Waals surface area contributed by atoms with Gasteiger partial charge in [-0.3, -0.25) is 0 Å². The van der Waals surface area contributed by atoms with Crippen molar-refractivity contribution in [2.24, 2.45) is 0 Å². The predicted octanol–water partition coefficient (Wildman–Crippen LogP) is 4.10. The number of aromatic nitrogens is 2. The summed E-state index contributed by atoms with van der Waals surface area (Å²) in [7, 11) is 1.69. The number of benzene rings is 2. The van der Waals surface area contributed by atoms with Crippen molar-refractivity contribution in [1.29, 1.82) is 0 Å². The maximum absolute atomic E-state index is 5.95. The van der Waals surface area contributed by atoms with Crippen LogP contribution < -0.4 is 10.5 Å². The lowest BCUT2D eigenvalue weighted by Crippen LogP contribution is -1.89. The smallest absolute Gasteiger partial charge is 0.144 e. The lowest BCUT2D eigenvalue weighted by Gasteiger charge is -2.08. The molecule has 4 nitrogen and oxygen atoms in total. The Morgan fingerprint density at radius 1 is 1.09 bits per heavy atom. The highest BCUT2D eigenvalue weighted by Crippen LogP contribution is 2.38. The fourth-order valence-corrected chi connectivity index (χ4v) is 3.74. The lowest BCUT2D eigenvalue weighted by molar-refractivity contribution is 0.416. The second-order valence-corrected chi connectivity index (χ2v) is 6.00. The van der Waals surface area contributed by atoms with Crippen molar-refractivity contribution >= 4 is 37.5 Å². The van der Waals surface area contributed by atoms with Crippen LogP contribution in [0.5, 0.6) is 5.75 Å². The van der Waals surface area contributed by atoms with E-state index in [1.807, 2.05) is 18.2 Å². The molecule has 2 N–H and O–H groups in total. The van der Waals surface area contributed by atoms with Crippen LogP contribution in [0.1, 0.15) is 0 Å². The van der Waals surface area contributed by atoms with Crippen LogP contribution >= 0.6 is 11.3 Å². The molecule has 4 aromatic rings. The summed E-state index contributed by atoms with van der Waals surface area (Å²) < 4.78 is 7.53. The van der Waals surface area contributed by atoms with Crippen molar-refractivity contribution in [3.63, 3.8) is 0 Å². The Bertz CT molecular complexity index is 994. The van der Waals surface area contributed by atoms with E-state index in [0.717, 1.165) is 37.2 Å². The molecule has 0 saturated heterocycles. The van der Waals surface area contributed by atoms with Gasteiger partial charge in [0.1, 0.15) is 17.9 Å². The minimum absolute atomic E-state index is 0.532. The number of methoxy groups -OCH3 is 1. The highest BCUT2D eigenvalue weighted by Gasteiger charge is 2.11. The zero-order chi connectivity index (χ0) is 15.1. The number of nitrogen functional groups attached to an aromatic ring is 1. The minimum atomic E-state index is 0.532. The molecule has 0 bridgehead atoms. The Morgan fingerprint density at radius 2 is 1.95 bits per heavy atom. The normalized spacial score (nSPS) is 11.1. The van der Waals surface area contributed by atoms with Crippen LogP contribution in [0.4, 0.5) is 5.82 Å². The molecule has 2 heterocycles. The molecule has 0 fully saturated rings. The molecule has 0 aliphatic heterocycles. The van der Waals surface area contributed by atoms with E-state index in [4.69, 9.17) is 10.5 Å². The van der Waals surface area contributed by atoms with Gasteiger partial charge in [0, 0.05) is 15.6 Å². The van der Waals surface area contributed by atoms with E-state index >= 15 is 0 Å². The van der Waals surface area contributed by atoms with Crippen LogP contribution in [0.3, 0.4) is 0 Å². The number of para-hydroxylation sites is 1. The molecule has 2 aromatic carbocycles. The van der Waals surface area contributed by atoms with Gasteiger partial charge < -0.3 is 10.5 Å². The van der Waals surface area contributed by atoms with Gasteiger partial charge in [0.05, 0.1) is 17.3 Å². The van der Waals surface area contributed by atoms with Gasteiger partial charge in [0.15, 0.2) is 0 Å². The molecule has 4 rings (SSSR count). The van der Waals surface area contributed by atoms with Crippen LogP contribution in [0.15, 0.2) is 48.8 Å². The van der Waals surface area contributed by atoms with Gasteiger partial charge in [-0.15, -0.1) is 11.3 Å². The van der Waals surface area contributed by atoms with Crippen molar-refractivity contribution in [2.45, 2.75) is 0 Å². The van der Waals surface area contributed by atoms with Crippen LogP contribution in [-0.4, -0.2) is 17.1 Å². The maximum Gasteiger partial charge on any atom is 0.144 e. The quantitative estimate of drug-likeness (QED) is 0.605. The summed E-state index contributed by atoms with van der Waals surface area (Å²) in [5.41, 5.74) is 9.06. The SMILES string of the molecule is COc1ccccc1-c1ccc2c(c1)sc1c(N)ncnc12. The fourth-order valence-electron chi connectivity index (χ4n) is 2.64.